The molecule has 0 radical (unpaired) electrons. The van der Waals surface area contributed by atoms with Crippen molar-refractivity contribution in [3.8, 4) is 0 Å². The van der Waals surface area contributed by atoms with E-state index in [1.807, 2.05) is 47.4 Å². The van der Waals surface area contributed by atoms with E-state index >= 15 is 0 Å². The largest absolute Gasteiger partial charge is 0.465 e. The van der Waals surface area contributed by atoms with E-state index in [2.05, 4.69) is 26.0 Å². The highest BCUT2D eigenvalue weighted by molar-refractivity contribution is 8.02. The Bertz CT molecular complexity index is 1120. The number of allylic oxidation sites excluding steroid dienone is 1. The summed E-state index contributed by atoms with van der Waals surface area (Å²) >= 11 is 1.56. The lowest BCUT2D eigenvalue weighted by Crippen LogP contribution is -2.58. The van der Waals surface area contributed by atoms with Crippen LogP contribution in [0.4, 0.5) is 0 Å². The number of hydrogen-bond acceptors (Lipinski definition) is 6. The Morgan fingerprint density at radius 1 is 1.13 bits per heavy atom. The minimum absolute atomic E-state index is 0.0111. The quantitative estimate of drug-likeness (QED) is 0.410. The first-order valence-corrected chi connectivity index (χ1v) is 15.3. The molecule has 2 amide bonds. The Hall–Kier alpha value is -2.58. The molecule has 4 aliphatic rings. The third-order valence-corrected chi connectivity index (χ3v) is 10.5. The Labute approximate surface area is 235 Å². The fourth-order valence-corrected chi connectivity index (χ4v) is 8.86. The number of likely N-dealkylation sites (tertiary alicyclic amines) is 1. The monoisotopic (exact) mass is 552 g/mol. The van der Waals surface area contributed by atoms with E-state index in [1.165, 1.54) is 0 Å². The van der Waals surface area contributed by atoms with Crippen LogP contribution in [0.25, 0.3) is 0 Å². The van der Waals surface area contributed by atoms with Gasteiger partial charge in [0.25, 0.3) is 0 Å². The first-order valence-electron chi connectivity index (χ1n) is 14.4. The smallest absolute Gasteiger partial charge is 0.311 e. The van der Waals surface area contributed by atoms with Gasteiger partial charge >= 0.3 is 5.97 Å². The van der Waals surface area contributed by atoms with Gasteiger partial charge in [-0.2, -0.15) is 0 Å². The number of aliphatic hydroxyl groups excluding tert-OH is 1. The van der Waals surface area contributed by atoms with Gasteiger partial charge in [0.05, 0.1) is 35.8 Å². The van der Waals surface area contributed by atoms with Crippen molar-refractivity contribution < 1.29 is 24.2 Å². The summed E-state index contributed by atoms with van der Waals surface area (Å²) in [5.74, 6) is -2.12. The van der Waals surface area contributed by atoms with Crippen LogP contribution in [-0.4, -0.2) is 80.6 Å². The van der Waals surface area contributed by atoms with Crippen LogP contribution in [0.1, 0.15) is 51.5 Å². The van der Waals surface area contributed by atoms with E-state index in [9.17, 15) is 19.5 Å². The van der Waals surface area contributed by atoms with E-state index in [0.717, 1.165) is 37.7 Å². The molecule has 1 N–H and O–H groups in total. The Morgan fingerprint density at radius 3 is 2.67 bits per heavy atom. The van der Waals surface area contributed by atoms with Gasteiger partial charge in [-0.1, -0.05) is 68.0 Å². The zero-order chi connectivity index (χ0) is 27.6. The zero-order valence-electron chi connectivity index (χ0n) is 22.9. The highest BCUT2D eigenvalue weighted by Crippen LogP contribution is 2.61. The van der Waals surface area contributed by atoms with E-state index in [0.29, 0.717) is 19.6 Å². The molecule has 5 rings (SSSR count). The van der Waals surface area contributed by atoms with Crippen molar-refractivity contribution in [3.63, 3.8) is 0 Å². The summed E-state index contributed by atoms with van der Waals surface area (Å²) < 4.78 is 4.80. The number of benzene rings is 1. The molecule has 39 heavy (non-hydrogen) atoms. The fourth-order valence-electron chi connectivity index (χ4n) is 6.87. The third-order valence-electron chi connectivity index (χ3n) is 8.73. The summed E-state index contributed by atoms with van der Waals surface area (Å²) in [5.41, 5.74) is 0.981. The second kappa shape index (κ2) is 11.9. The lowest BCUT2D eigenvalue weighted by atomic mass is 9.78. The number of nitrogens with zero attached hydrogens (tertiary/aromatic N) is 2. The van der Waals surface area contributed by atoms with Gasteiger partial charge in [-0.15, -0.1) is 11.8 Å². The molecule has 0 aliphatic carbocycles. The van der Waals surface area contributed by atoms with Crippen molar-refractivity contribution in [1.82, 2.24) is 9.80 Å². The number of carbonyl (C=O) groups is 3. The highest BCUT2D eigenvalue weighted by Gasteiger charge is 2.71. The van der Waals surface area contributed by atoms with Gasteiger partial charge in [0, 0.05) is 17.8 Å². The van der Waals surface area contributed by atoms with Crippen molar-refractivity contribution in [2.24, 2.45) is 11.8 Å². The third kappa shape index (κ3) is 5.06. The number of aliphatic hydroxyl groups is 1. The number of hydrogen-bond donors (Lipinski definition) is 1. The van der Waals surface area contributed by atoms with Crippen molar-refractivity contribution in [3.05, 3.63) is 60.2 Å². The van der Waals surface area contributed by atoms with Crippen molar-refractivity contribution in [2.75, 3.05) is 19.8 Å². The summed E-state index contributed by atoms with van der Waals surface area (Å²) in [5, 5.41) is 10.4. The van der Waals surface area contributed by atoms with Crippen LogP contribution in [-0.2, 0) is 25.5 Å². The maximum Gasteiger partial charge on any atom is 0.311 e. The number of thioether (sulfide) groups is 1. The molecule has 4 heterocycles. The summed E-state index contributed by atoms with van der Waals surface area (Å²) in [6.07, 6.45) is 13.1. The second-order valence-corrected chi connectivity index (χ2v) is 12.7. The van der Waals surface area contributed by atoms with Gasteiger partial charge in [0.1, 0.15) is 6.04 Å². The fraction of sp³-hybridized carbons (Fsp3) is 0.581. The number of rotatable bonds is 7. The van der Waals surface area contributed by atoms with Gasteiger partial charge in [0.2, 0.25) is 11.8 Å². The molecule has 1 spiro atoms. The molecule has 7 atom stereocenters. The second-order valence-electron chi connectivity index (χ2n) is 11.2. The Morgan fingerprint density at radius 2 is 1.92 bits per heavy atom. The molecule has 1 aromatic rings. The van der Waals surface area contributed by atoms with E-state index in [-0.39, 0.29) is 35.7 Å². The number of cyclic esters (lactones) is 1. The normalized spacial score (nSPS) is 33.1. The molecule has 2 unspecified atom stereocenters. The molecule has 4 aliphatic heterocycles. The number of fused-ring (bicyclic) bond motifs is 2. The minimum Gasteiger partial charge on any atom is -0.465 e. The van der Waals surface area contributed by atoms with Crippen LogP contribution < -0.4 is 0 Å². The summed E-state index contributed by atoms with van der Waals surface area (Å²) in [4.78, 5) is 46.1. The Kier molecular flexibility index (Phi) is 8.52. The first-order chi connectivity index (χ1) is 18.9. The van der Waals surface area contributed by atoms with Crippen LogP contribution in [0, 0.1) is 11.8 Å². The van der Waals surface area contributed by atoms with Crippen LogP contribution in [0.3, 0.4) is 0 Å². The molecule has 2 fully saturated rings. The lowest BCUT2D eigenvalue weighted by Gasteiger charge is -2.40. The van der Waals surface area contributed by atoms with E-state index < -0.39 is 28.7 Å². The van der Waals surface area contributed by atoms with Crippen LogP contribution in [0.15, 0.2) is 54.6 Å². The minimum atomic E-state index is -0.911. The Balaban J connectivity index is 1.61. The maximum atomic E-state index is 14.5. The van der Waals surface area contributed by atoms with Crippen molar-refractivity contribution >= 4 is 29.5 Å². The standard InChI is InChI=1S/C31H40N2O5S/c1-3-12-21(2)32-17-11-16-31-26(25-24(39-31)15-9-4-5-10-18-38-30(25)37)28(35)33(27(31)29(32)36)23(20-34)19-22-13-7-6-8-14-22/h6-9,11,13-16,21,23-27,34H,3-5,10,12,17-20H2,1-2H3/b15-9-/t21?,23-,24+,25-,26+,27?,31+/m1/s1. The average Bonchev–Trinajstić information content (AvgIpc) is 3.32. The molecule has 2 saturated heterocycles. The van der Waals surface area contributed by atoms with E-state index in [4.69, 9.17) is 4.74 Å². The van der Waals surface area contributed by atoms with Crippen LogP contribution in [0.5, 0.6) is 0 Å². The summed E-state index contributed by atoms with van der Waals surface area (Å²) in [6, 6.07) is 8.35. The number of esters is 1. The molecule has 1 aromatic carbocycles. The van der Waals surface area contributed by atoms with Gasteiger partial charge in [0.15, 0.2) is 0 Å². The average molecular weight is 553 g/mol. The molecule has 0 saturated carbocycles. The van der Waals surface area contributed by atoms with Gasteiger partial charge in [-0.3, -0.25) is 14.4 Å². The molecule has 8 heteroatoms. The summed E-state index contributed by atoms with van der Waals surface area (Å²) in [6.45, 7) is 4.69. The lowest BCUT2D eigenvalue weighted by molar-refractivity contribution is -0.153. The molecular formula is C31H40N2O5S. The van der Waals surface area contributed by atoms with Crippen LogP contribution in [0.2, 0.25) is 0 Å². The van der Waals surface area contributed by atoms with Crippen molar-refractivity contribution in [1.29, 1.82) is 0 Å². The predicted octanol–water partition coefficient (Wildman–Crippen LogP) is 3.76. The number of amides is 2. The zero-order valence-corrected chi connectivity index (χ0v) is 23.7. The van der Waals surface area contributed by atoms with Gasteiger partial charge in [-0.05, 0) is 44.6 Å². The molecule has 7 nitrogen and oxygen atoms in total. The molecular weight excluding hydrogens is 512 g/mol. The molecule has 0 bridgehead atoms. The molecule has 0 aromatic heterocycles. The number of ether oxygens (including phenoxy) is 1. The number of carbonyl (C=O) groups excluding carboxylic acids is 3. The van der Waals surface area contributed by atoms with Gasteiger partial charge < -0.3 is 19.6 Å². The van der Waals surface area contributed by atoms with Gasteiger partial charge in [-0.25, -0.2) is 0 Å². The van der Waals surface area contributed by atoms with Crippen molar-refractivity contribution in [2.45, 2.75) is 80.5 Å². The first kappa shape index (κ1) is 28.0. The summed E-state index contributed by atoms with van der Waals surface area (Å²) in [7, 11) is 0. The predicted molar refractivity (Wildman–Crippen MR) is 152 cm³/mol. The maximum absolute atomic E-state index is 14.5. The van der Waals surface area contributed by atoms with E-state index in [1.54, 1.807) is 16.7 Å². The van der Waals surface area contributed by atoms with Crippen LogP contribution >= 0.6 is 11.8 Å². The highest BCUT2D eigenvalue weighted by atomic mass is 32.2. The topological polar surface area (TPSA) is 87.2 Å². The molecule has 210 valence electrons. The SMILES string of the molecule is CCCC(C)N1CC=C[C@]23S[C@H]4/C=C\CCCCOC(=O)[C@H]4[C@H]2C(=O)N([C@@H](CO)Cc2ccccc2)C3C1=O.